The first-order valence-electron chi connectivity index (χ1n) is 7.59. The van der Waals surface area contributed by atoms with Gasteiger partial charge in [-0.1, -0.05) is 12.2 Å². The van der Waals surface area contributed by atoms with Gasteiger partial charge in [0.2, 0.25) is 11.8 Å². The summed E-state index contributed by atoms with van der Waals surface area (Å²) in [5.41, 5.74) is 1.70. The highest BCUT2D eigenvalue weighted by molar-refractivity contribution is 5.96. The second kappa shape index (κ2) is 6.12. The van der Waals surface area contributed by atoms with Crippen LogP contribution in [0.1, 0.15) is 32.1 Å². The van der Waals surface area contributed by atoms with Gasteiger partial charge < -0.3 is 10.2 Å². The Kier molecular flexibility index (Phi) is 4.04. The predicted molar refractivity (Wildman–Crippen MR) is 83.1 cm³/mol. The van der Waals surface area contributed by atoms with Crippen LogP contribution >= 0.6 is 0 Å². The molecule has 0 radical (unpaired) electrons. The second-order valence-electron chi connectivity index (χ2n) is 5.71. The topological polar surface area (TPSA) is 49.4 Å². The molecule has 1 atom stereocenters. The molecule has 1 N–H and O–H groups in total. The lowest BCUT2D eigenvalue weighted by atomic mass is 10.1. The van der Waals surface area contributed by atoms with Crippen molar-refractivity contribution in [2.24, 2.45) is 5.92 Å². The van der Waals surface area contributed by atoms with Crippen LogP contribution in [-0.4, -0.2) is 18.4 Å². The molecule has 110 valence electrons. The maximum Gasteiger partial charge on any atom is 0.227 e. The number of carbonyl (C=O) groups excluding carboxylic acids is 2. The highest BCUT2D eigenvalue weighted by Gasteiger charge is 2.21. The van der Waals surface area contributed by atoms with Gasteiger partial charge in [-0.15, -0.1) is 0 Å². The Morgan fingerprint density at radius 3 is 2.71 bits per heavy atom. The van der Waals surface area contributed by atoms with E-state index in [1.165, 1.54) is 0 Å². The Morgan fingerprint density at radius 1 is 1.29 bits per heavy atom. The Balaban J connectivity index is 1.57. The number of nitrogens with one attached hydrogen (secondary N) is 1. The van der Waals surface area contributed by atoms with E-state index < -0.39 is 0 Å². The fourth-order valence-electron chi connectivity index (χ4n) is 2.96. The zero-order valence-corrected chi connectivity index (χ0v) is 12.0. The Morgan fingerprint density at radius 2 is 2.10 bits per heavy atom. The van der Waals surface area contributed by atoms with E-state index >= 15 is 0 Å². The van der Waals surface area contributed by atoms with E-state index in [2.05, 4.69) is 17.5 Å². The van der Waals surface area contributed by atoms with Crippen molar-refractivity contribution in [3.8, 4) is 0 Å². The summed E-state index contributed by atoms with van der Waals surface area (Å²) in [7, 11) is 0. The van der Waals surface area contributed by atoms with Crippen molar-refractivity contribution < 1.29 is 9.59 Å². The summed E-state index contributed by atoms with van der Waals surface area (Å²) in [5, 5.41) is 2.92. The molecule has 4 heteroatoms. The fraction of sp³-hybridized carbons (Fsp3) is 0.412. The van der Waals surface area contributed by atoms with E-state index in [-0.39, 0.29) is 11.8 Å². The maximum atomic E-state index is 12.0. The Labute approximate surface area is 124 Å². The molecule has 1 fully saturated rings. The zero-order chi connectivity index (χ0) is 14.7. The molecule has 1 aromatic rings. The van der Waals surface area contributed by atoms with Crippen LogP contribution < -0.4 is 10.2 Å². The number of amides is 2. The number of nitrogens with zero attached hydrogens (tertiary/aromatic N) is 1. The van der Waals surface area contributed by atoms with Crippen LogP contribution in [0, 0.1) is 5.92 Å². The van der Waals surface area contributed by atoms with Gasteiger partial charge in [-0.25, -0.2) is 0 Å². The number of hydrogen-bond acceptors (Lipinski definition) is 2. The van der Waals surface area contributed by atoms with Crippen molar-refractivity contribution in [1.82, 2.24) is 0 Å². The van der Waals surface area contributed by atoms with E-state index in [0.29, 0.717) is 18.8 Å². The summed E-state index contributed by atoms with van der Waals surface area (Å²) >= 11 is 0. The van der Waals surface area contributed by atoms with E-state index in [1.807, 2.05) is 24.3 Å². The molecule has 2 amide bonds. The molecule has 3 rings (SSSR count). The first-order valence-corrected chi connectivity index (χ1v) is 7.59. The summed E-state index contributed by atoms with van der Waals surface area (Å²) in [6.45, 7) is 0.790. The number of rotatable bonds is 4. The predicted octanol–water partition coefficient (Wildman–Crippen LogP) is 3.11. The molecule has 0 bridgehead atoms. The van der Waals surface area contributed by atoms with Gasteiger partial charge in [-0.3, -0.25) is 9.59 Å². The summed E-state index contributed by atoms with van der Waals surface area (Å²) in [5.74, 6) is 0.614. The summed E-state index contributed by atoms with van der Waals surface area (Å²) < 4.78 is 0. The van der Waals surface area contributed by atoms with Crippen molar-refractivity contribution in [1.29, 1.82) is 0 Å². The molecule has 0 aromatic heterocycles. The number of benzene rings is 1. The van der Waals surface area contributed by atoms with Crippen LogP contribution in [0.5, 0.6) is 0 Å². The summed E-state index contributed by atoms with van der Waals surface area (Å²) in [4.78, 5) is 25.4. The van der Waals surface area contributed by atoms with Crippen molar-refractivity contribution in [2.45, 2.75) is 32.1 Å². The van der Waals surface area contributed by atoms with E-state index in [9.17, 15) is 9.59 Å². The minimum absolute atomic E-state index is 0.0524. The van der Waals surface area contributed by atoms with Gasteiger partial charge >= 0.3 is 0 Å². The molecule has 0 spiro atoms. The fourth-order valence-corrected chi connectivity index (χ4v) is 2.96. The van der Waals surface area contributed by atoms with E-state index in [4.69, 9.17) is 0 Å². The molecular formula is C17H20N2O2. The summed E-state index contributed by atoms with van der Waals surface area (Å²) in [6.07, 6.45) is 8.52. The largest absolute Gasteiger partial charge is 0.326 e. The lowest BCUT2D eigenvalue weighted by molar-refractivity contribution is -0.117. The number of allylic oxidation sites excluding steroid dienone is 2. The van der Waals surface area contributed by atoms with Gasteiger partial charge in [-0.05, 0) is 49.4 Å². The third-order valence-corrected chi connectivity index (χ3v) is 4.10. The number of hydrogen-bond donors (Lipinski definition) is 1. The molecule has 1 aliphatic heterocycles. The van der Waals surface area contributed by atoms with E-state index in [1.54, 1.807) is 4.90 Å². The van der Waals surface area contributed by atoms with Gasteiger partial charge in [0, 0.05) is 30.8 Å². The quantitative estimate of drug-likeness (QED) is 0.864. The van der Waals surface area contributed by atoms with Crippen molar-refractivity contribution in [2.75, 3.05) is 16.8 Å². The van der Waals surface area contributed by atoms with Gasteiger partial charge in [0.1, 0.15) is 0 Å². The summed E-state index contributed by atoms with van der Waals surface area (Å²) in [6, 6.07) is 7.52. The molecule has 1 aliphatic carbocycles. The highest BCUT2D eigenvalue weighted by atomic mass is 16.2. The second-order valence-corrected chi connectivity index (χ2v) is 5.71. The van der Waals surface area contributed by atoms with Gasteiger partial charge in [0.25, 0.3) is 0 Å². The van der Waals surface area contributed by atoms with E-state index in [0.717, 1.165) is 37.2 Å². The molecule has 0 saturated carbocycles. The minimum Gasteiger partial charge on any atom is -0.326 e. The lowest BCUT2D eigenvalue weighted by Crippen LogP contribution is -2.23. The average Bonchev–Trinajstić information content (AvgIpc) is 3.11. The molecule has 2 aliphatic rings. The molecule has 1 unspecified atom stereocenters. The third kappa shape index (κ3) is 3.32. The maximum absolute atomic E-state index is 12.0. The van der Waals surface area contributed by atoms with Gasteiger partial charge in [-0.2, -0.15) is 0 Å². The van der Waals surface area contributed by atoms with Crippen LogP contribution in [0.2, 0.25) is 0 Å². The Bertz CT molecular complexity index is 563. The standard InChI is InChI=1S/C17H20N2O2/c20-16(12-13-4-1-2-5-13)18-14-7-9-15(10-8-14)19-11-3-6-17(19)21/h1,4,7-10,13H,2-3,5-6,11-12H2,(H,18,20). The van der Waals surface area contributed by atoms with Crippen LogP contribution in [0.15, 0.2) is 36.4 Å². The first-order chi connectivity index (χ1) is 10.2. The SMILES string of the molecule is O=C(CC1C=CCC1)Nc1ccc(N2CCCC2=O)cc1. The number of anilines is 2. The smallest absolute Gasteiger partial charge is 0.227 e. The van der Waals surface area contributed by atoms with Crippen LogP contribution in [0.4, 0.5) is 11.4 Å². The molecule has 4 nitrogen and oxygen atoms in total. The Hall–Kier alpha value is -2.10. The number of carbonyl (C=O) groups is 2. The van der Waals surface area contributed by atoms with Crippen molar-refractivity contribution >= 4 is 23.2 Å². The minimum atomic E-state index is 0.0524. The molecule has 21 heavy (non-hydrogen) atoms. The molecular weight excluding hydrogens is 264 g/mol. The highest BCUT2D eigenvalue weighted by Crippen LogP contribution is 2.24. The first kappa shape index (κ1) is 13.9. The van der Waals surface area contributed by atoms with Crippen molar-refractivity contribution in [3.63, 3.8) is 0 Å². The zero-order valence-electron chi connectivity index (χ0n) is 12.0. The van der Waals surface area contributed by atoms with Gasteiger partial charge in [0.15, 0.2) is 0 Å². The molecule has 1 heterocycles. The van der Waals surface area contributed by atoms with Gasteiger partial charge in [0.05, 0.1) is 0 Å². The van der Waals surface area contributed by atoms with Crippen LogP contribution in [0.25, 0.3) is 0 Å². The average molecular weight is 284 g/mol. The van der Waals surface area contributed by atoms with Crippen LogP contribution in [-0.2, 0) is 9.59 Å². The lowest BCUT2D eigenvalue weighted by Gasteiger charge is -2.16. The molecule has 1 aromatic carbocycles. The monoisotopic (exact) mass is 284 g/mol. The van der Waals surface area contributed by atoms with Crippen molar-refractivity contribution in [3.05, 3.63) is 36.4 Å². The third-order valence-electron chi connectivity index (χ3n) is 4.10. The normalized spacial score (nSPS) is 21.0. The van der Waals surface area contributed by atoms with Crippen LogP contribution in [0.3, 0.4) is 0 Å². The molecule has 1 saturated heterocycles.